The Bertz CT molecular complexity index is 272. The summed E-state index contributed by atoms with van der Waals surface area (Å²) in [7, 11) is 0. The van der Waals surface area contributed by atoms with Gasteiger partial charge in [0.25, 0.3) is 0 Å². The topological polar surface area (TPSA) is 40.5 Å². The van der Waals surface area contributed by atoms with Crippen molar-refractivity contribution in [3.8, 4) is 0 Å². The quantitative estimate of drug-likeness (QED) is 0.785. The van der Waals surface area contributed by atoms with Crippen molar-refractivity contribution in [1.82, 2.24) is 4.90 Å². The standard InChI is InChI=1S/C15H27NO2/c1-12-8-9-16(14(12)11-17)15(18)10-13-6-4-2-3-5-7-13/h12-14,17H,2-11H2,1H3. The summed E-state index contributed by atoms with van der Waals surface area (Å²) in [6, 6.07) is 0.0725. The minimum Gasteiger partial charge on any atom is -0.394 e. The van der Waals surface area contributed by atoms with Crippen LogP contribution in [0.15, 0.2) is 0 Å². The van der Waals surface area contributed by atoms with Crippen LogP contribution in [0.1, 0.15) is 58.3 Å². The predicted octanol–water partition coefficient (Wildman–Crippen LogP) is 2.58. The first-order chi connectivity index (χ1) is 8.72. The van der Waals surface area contributed by atoms with Gasteiger partial charge in [-0.1, -0.05) is 32.6 Å². The first-order valence-electron chi connectivity index (χ1n) is 7.62. The van der Waals surface area contributed by atoms with Crippen LogP contribution in [0.5, 0.6) is 0 Å². The van der Waals surface area contributed by atoms with Crippen LogP contribution in [0.4, 0.5) is 0 Å². The molecular weight excluding hydrogens is 226 g/mol. The molecule has 2 atom stereocenters. The van der Waals surface area contributed by atoms with E-state index in [1.54, 1.807) is 0 Å². The van der Waals surface area contributed by atoms with Gasteiger partial charge in [0.1, 0.15) is 0 Å². The number of hydrogen-bond donors (Lipinski definition) is 1. The summed E-state index contributed by atoms with van der Waals surface area (Å²) >= 11 is 0. The van der Waals surface area contributed by atoms with E-state index >= 15 is 0 Å². The van der Waals surface area contributed by atoms with Gasteiger partial charge in [-0.2, -0.15) is 0 Å². The molecule has 0 aromatic carbocycles. The lowest BCUT2D eigenvalue weighted by molar-refractivity contribution is -0.134. The molecule has 1 amide bonds. The smallest absolute Gasteiger partial charge is 0.223 e. The molecule has 0 aromatic heterocycles. The summed E-state index contributed by atoms with van der Waals surface area (Å²) in [5.41, 5.74) is 0. The van der Waals surface area contributed by atoms with Crippen LogP contribution in [0.25, 0.3) is 0 Å². The largest absolute Gasteiger partial charge is 0.394 e. The minimum absolute atomic E-state index is 0.0725. The fourth-order valence-corrected chi connectivity index (χ4v) is 3.53. The average molecular weight is 253 g/mol. The molecule has 18 heavy (non-hydrogen) atoms. The molecular formula is C15H27NO2. The van der Waals surface area contributed by atoms with Crippen molar-refractivity contribution >= 4 is 5.91 Å². The number of aliphatic hydroxyl groups excluding tert-OH is 1. The van der Waals surface area contributed by atoms with Gasteiger partial charge < -0.3 is 10.0 Å². The number of likely N-dealkylation sites (tertiary alicyclic amines) is 1. The molecule has 2 rings (SSSR count). The molecule has 0 radical (unpaired) electrons. The van der Waals surface area contributed by atoms with Crippen LogP contribution in [0.2, 0.25) is 0 Å². The second-order valence-corrected chi connectivity index (χ2v) is 6.16. The van der Waals surface area contributed by atoms with Gasteiger partial charge in [0.2, 0.25) is 5.91 Å². The van der Waals surface area contributed by atoms with E-state index in [0.717, 1.165) is 13.0 Å². The highest BCUT2D eigenvalue weighted by Gasteiger charge is 2.34. The molecule has 2 fully saturated rings. The molecule has 1 heterocycles. The molecule has 3 heteroatoms. The fourth-order valence-electron chi connectivity index (χ4n) is 3.53. The third-order valence-corrected chi connectivity index (χ3v) is 4.83. The Kier molecular flexibility index (Phi) is 5.04. The lowest BCUT2D eigenvalue weighted by Gasteiger charge is -2.27. The van der Waals surface area contributed by atoms with Crippen molar-refractivity contribution in [3.05, 3.63) is 0 Å². The molecule has 2 aliphatic rings. The number of amides is 1. The zero-order valence-electron chi connectivity index (χ0n) is 11.6. The van der Waals surface area contributed by atoms with E-state index in [-0.39, 0.29) is 18.6 Å². The maximum absolute atomic E-state index is 12.4. The number of hydrogen-bond acceptors (Lipinski definition) is 2. The molecule has 1 aliphatic carbocycles. The molecule has 0 bridgehead atoms. The third-order valence-electron chi connectivity index (χ3n) is 4.83. The highest BCUT2D eigenvalue weighted by atomic mass is 16.3. The van der Waals surface area contributed by atoms with Crippen molar-refractivity contribution in [2.45, 2.75) is 64.3 Å². The number of nitrogens with zero attached hydrogens (tertiary/aromatic N) is 1. The molecule has 0 aromatic rings. The van der Waals surface area contributed by atoms with Gasteiger partial charge in [0.05, 0.1) is 12.6 Å². The zero-order chi connectivity index (χ0) is 13.0. The predicted molar refractivity (Wildman–Crippen MR) is 72.2 cm³/mol. The van der Waals surface area contributed by atoms with Gasteiger partial charge in [-0.05, 0) is 31.1 Å². The molecule has 1 saturated heterocycles. The summed E-state index contributed by atoms with van der Waals surface area (Å²) in [5, 5.41) is 9.41. The lowest BCUT2D eigenvalue weighted by Crippen LogP contribution is -2.40. The minimum atomic E-state index is 0.0725. The molecule has 1 aliphatic heterocycles. The van der Waals surface area contributed by atoms with E-state index in [1.807, 2.05) is 4.90 Å². The van der Waals surface area contributed by atoms with E-state index in [4.69, 9.17) is 0 Å². The second kappa shape index (κ2) is 6.55. The van der Waals surface area contributed by atoms with E-state index in [2.05, 4.69) is 6.92 Å². The van der Waals surface area contributed by atoms with Crippen LogP contribution in [-0.4, -0.2) is 35.1 Å². The van der Waals surface area contributed by atoms with Gasteiger partial charge >= 0.3 is 0 Å². The van der Waals surface area contributed by atoms with Crippen LogP contribution in [0.3, 0.4) is 0 Å². The molecule has 1 saturated carbocycles. The van der Waals surface area contributed by atoms with Crippen LogP contribution >= 0.6 is 0 Å². The molecule has 2 unspecified atom stereocenters. The Morgan fingerprint density at radius 3 is 2.44 bits per heavy atom. The van der Waals surface area contributed by atoms with Crippen LogP contribution < -0.4 is 0 Å². The summed E-state index contributed by atoms with van der Waals surface area (Å²) in [4.78, 5) is 14.3. The van der Waals surface area contributed by atoms with Crippen molar-refractivity contribution < 1.29 is 9.90 Å². The highest BCUT2D eigenvalue weighted by molar-refractivity contribution is 5.77. The highest BCUT2D eigenvalue weighted by Crippen LogP contribution is 2.29. The Hall–Kier alpha value is -0.570. The summed E-state index contributed by atoms with van der Waals surface area (Å²) < 4.78 is 0. The maximum Gasteiger partial charge on any atom is 0.223 e. The summed E-state index contributed by atoms with van der Waals surface area (Å²) in [6.45, 7) is 3.11. The number of rotatable bonds is 3. The Morgan fingerprint density at radius 2 is 1.83 bits per heavy atom. The third kappa shape index (κ3) is 3.25. The number of carbonyl (C=O) groups excluding carboxylic acids is 1. The van der Waals surface area contributed by atoms with Gasteiger partial charge in [0, 0.05) is 13.0 Å². The molecule has 104 valence electrons. The molecule has 3 nitrogen and oxygen atoms in total. The maximum atomic E-state index is 12.4. The van der Waals surface area contributed by atoms with Gasteiger partial charge in [-0.3, -0.25) is 4.79 Å². The number of carbonyl (C=O) groups is 1. The van der Waals surface area contributed by atoms with Crippen LogP contribution in [0, 0.1) is 11.8 Å². The van der Waals surface area contributed by atoms with Crippen molar-refractivity contribution in [2.24, 2.45) is 11.8 Å². The first kappa shape index (κ1) is 13.9. The summed E-state index contributed by atoms with van der Waals surface area (Å²) in [6.07, 6.45) is 9.45. The van der Waals surface area contributed by atoms with E-state index < -0.39 is 0 Å². The normalized spacial score (nSPS) is 30.4. The van der Waals surface area contributed by atoms with Crippen LogP contribution in [-0.2, 0) is 4.79 Å². The Balaban J connectivity index is 1.86. The van der Waals surface area contributed by atoms with Gasteiger partial charge in [-0.15, -0.1) is 0 Å². The Morgan fingerprint density at radius 1 is 1.17 bits per heavy atom. The van der Waals surface area contributed by atoms with Gasteiger partial charge in [-0.25, -0.2) is 0 Å². The van der Waals surface area contributed by atoms with Gasteiger partial charge in [0.15, 0.2) is 0 Å². The monoisotopic (exact) mass is 253 g/mol. The van der Waals surface area contributed by atoms with Crippen molar-refractivity contribution in [1.29, 1.82) is 0 Å². The number of aliphatic hydroxyl groups is 1. The average Bonchev–Trinajstić information content (AvgIpc) is 2.57. The van der Waals surface area contributed by atoms with Crippen molar-refractivity contribution in [3.63, 3.8) is 0 Å². The Labute approximate surface area is 111 Å². The van der Waals surface area contributed by atoms with Crippen molar-refractivity contribution in [2.75, 3.05) is 13.2 Å². The van der Waals surface area contributed by atoms with E-state index in [0.29, 0.717) is 18.3 Å². The van der Waals surface area contributed by atoms with E-state index in [9.17, 15) is 9.90 Å². The zero-order valence-corrected chi connectivity index (χ0v) is 11.6. The fraction of sp³-hybridized carbons (Fsp3) is 0.933. The lowest BCUT2D eigenvalue weighted by atomic mass is 9.95. The molecule has 1 N–H and O–H groups in total. The summed E-state index contributed by atoms with van der Waals surface area (Å²) in [5.74, 6) is 1.33. The first-order valence-corrected chi connectivity index (χ1v) is 7.62. The molecule has 0 spiro atoms. The van der Waals surface area contributed by atoms with E-state index in [1.165, 1.54) is 38.5 Å². The second-order valence-electron chi connectivity index (χ2n) is 6.16. The SMILES string of the molecule is CC1CCN(C(=O)CC2CCCCCC2)C1CO.